The number of carbonyl (C=O) groups excluding carboxylic acids is 1. The van der Waals surface area contributed by atoms with E-state index >= 15 is 4.39 Å². The highest BCUT2D eigenvalue weighted by Gasteiger charge is 2.41. The number of rotatable bonds is 12. The lowest BCUT2D eigenvalue weighted by atomic mass is 9.72. The number of aromatic nitrogens is 1. The molecule has 0 radical (unpaired) electrons. The van der Waals surface area contributed by atoms with E-state index in [2.05, 4.69) is 50.5 Å². The monoisotopic (exact) mass is 903 g/mol. The highest BCUT2D eigenvalue weighted by atomic mass is 35.5. The number of anilines is 1. The number of hydrogen-bond acceptors (Lipinski definition) is 10. The molecule has 1 aromatic heterocycles. The lowest BCUT2D eigenvalue weighted by Crippen LogP contribution is -2.47. The van der Waals surface area contributed by atoms with Gasteiger partial charge in [0.25, 0.3) is 15.9 Å². The molecule has 2 aliphatic carbocycles. The standard InChI is InChI=1S/C47H52Cl2FN5O6S/c1-45(2)14-13-33(38(25-45)31-7-9-34(48)10-8-31)29-54-19-21-55(22-20-54)35-11-12-37(42(23-35)61-41-6-4-5-32-26-51-28-39(32)41)43(56)53-62(58,59)36-24-40(49)44(52-27-36)60-30-47(50)17-15-46(3,57)16-18-47/h4-12,23-24,27-28,57H,13-22,25-26,29-30H2,1-3H3,(H,53,56). The van der Waals surface area contributed by atoms with Crippen LogP contribution in [0.1, 0.15) is 92.8 Å². The number of nitrogens with one attached hydrogen (secondary N) is 1. The summed E-state index contributed by atoms with van der Waals surface area (Å²) < 4.78 is 56.8. The van der Waals surface area contributed by atoms with Gasteiger partial charge in [-0.2, -0.15) is 0 Å². The Hall–Kier alpha value is -4.53. The normalized spacial score (nSPS) is 22.7. The molecule has 2 aliphatic heterocycles. The van der Waals surface area contributed by atoms with Crippen LogP contribution in [0, 0.1) is 5.41 Å². The van der Waals surface area contributed by atoms with Gasteiger partial charge in [0.1, 0.15) is 33.7 Å². The Bertz CT molecular complexity index is 2510. The molecule has 1 saturated heterocycles. The third-order valence-corrected chi connectivity index (χ3v) is 14.4. The van der Waals surface area contributed by atoms with Crippen molar-refractivity contribution in [1.29, 1.82) is 0 Å². The third kappa shape index (κ3) is 10.1. The number of pyridine rings is 1. The quantitative estimate of drug-likeness (QED) is 0.143. The van der Waals surface area contributed by atoms with E-state index in [1.165, 1.54) is 16.7 Å². The predicted octanol–water partition coefficient (Wildman–Crippen LogP) is 9.43. The van der Waals surface area contributed by atoms with Gasteiger partial charge < -0.3 is 19.5 Å². The smallest absolute Gasteiger partial charge is 0.268 e. The first-order chi connectivity index (χ1) is 29.4. The first kappa shape index (κ1) is 44.1. The van der Waals surface area contributed by atoms with Gasteiger partial charge in [-0.25, -0.2) is 22.5 Å². The number of piperazine rings is 1. The number of fused-ring (bicyclic) bond motifs is 1. The van der Waals surface area contributed by atoms with Crippen molar-refractivity contribution in [2.75, 3.05) is 44.2 Å². The number of aliphatic hydroxyl groups is 1. The fourth-order valence-corrected chi connectivity index (χ4v) is 10.0. The van der Waals surface area contributed by atoms with Crippen LogP contribution in [0.5, 0.6) is 17.4 Å². The minimum atomic E-state index is -4.49. The Morgan fingerprint density at radius 1 is 0.935 bits per heavy atom. The highest BCUT2D eigenvalue weighted by Crippen LogP contribution is 2.44. The van der Waals surface area contributed by atoms with Crippen molar-refractivity contribution >= 4 is 56.6 Å². The van der Waals surface area contributed by atoms with Crippen molar-refractivity contribution in [3.05, 3.63) is 111 Å². The van der Waals surface area contributed by atoms with E-state index in [-0.39, 0.29) is 64.8 Å². The molecule has 3 aromatic carbocycles. The van der Waals surface area contributed by atoms with Crippen LogP contribution in [0.15, 0.2) is 88.4 Å². The van der Waals surface area contributed by atoms with Crippen LogP contribution in [-0.4, -0.2) is 86.1 Å². The number of hydrogen-bond donors (Lipinski definition) is 2. The second-order valence-electron chi connectivity index (χ2n) is 18.1. The number of alkyl halides is 1. The van der Waals surface area contributed by atoms with E-state index in [4.69, 9.17) is 32.7 Å². The summed E-state index contributed by atoms with van der Waals surface area (Å²) in [6, 6.07) is 20.1. The third-order valence-electron chi connectivity index (χ3n) is 12.6. The van der Waals surface area contributed by atoms with Gasteiger partial charge in [0.05, 0.1) is 23.9 Å². The number of amides is 1. The van der Waals surface area contributed by atoms with Crippen molar-refractivity contribution in [1.82, 2.24) is 14.6 Å². The van der Waals surface area contributed by atoms with Gasteiger partial charge >= 0.3 is 0 Å². The lowest BCUT2D eigenvalue weighted by Gasteiger charge is -2.39. The van der Waals surface area contributed by atoms with Crippen LogP contribution in [-0.2, 0) is 16.6 Å². The molecule has 2 fully saturated rings. The molecule has 8 rings (SSSR count). The first-order valence-electron chi connectivity index (χ1n) is 21.1. The average molecular weight is 905 g/mol. The molecule has 0 atom stereocenters. The van der Waals surface area contributed by atoms with Gasteiger partial charge in [0.2, 0.25) is 5.88 Å². The van der Waals surface area contributed by atoms with Gasteiger partial charge in [-0.15, -0.1) is 0 Å². The van der Waals surface area contributed by atoms with Crippen LogP contribution in [0.3, 0.4) is 0 Å². The van der Waals surface area contributed by atoms with Gasteiger partial charge in [-0.1, -0.05) is 66.9 Å². The first-order valence-corrected chi connectivity index (χ1v) is 23.3. The summed E-state index contributed by atoms with van der Waals surface area (Å²) in [6.07, 6.45) is 6.71. The largest absolute Gasteiger partial charge is 0.473 e. The number of ether oxygens (including phenoxy) is 2. The summed E-state index contributed by atoms with van der Waals surface area (Å²) in [6.45, 7) is 10.5. The zero-order valence-electron chi connectivity index (χ0n) is 35.2. The van der Waals surface area contributed by atoms with E-state index < -0.39 is 27.2 Å². The molecule has 4 aliphatic rings. The number of benzene rings is 3. The zero-order chi connectivity index (χ0) is 43.9. The van der Waals surface area contributed by atoms with Crippen molar-refractivity contribution in [2.24, 2.45) is 10.4 Å². The Labute approximate surface area is 373 Å². The van der Waals surface area contributed by atoms with Crippen molar-refractivity contribution in [2.45, 2.75) is 88.4 Å². The molecule has 2 N–H and O–H groups in total. The molecule has 1 saturated carbocycles. The predicted molar refractivity (Wildman–Crippen MR) is 241 cm³/mol. The summed E-state index contributed by atoms with van der Waals surface area (Å²) >= 11 is 12.6. The maximum Gasteiger partial charge on any atom is 0.268 e. The topological polar surface area (TPSA) is 134 Å². The van der Waals surface area contributed by atoms with Gasteiger partial charge in [-0.3, -0.25) is 14.7 Å². The molecule has 328 valence electrons. The summed E-state index contributed by atoms with van der Waals surface area (Å²) in [4.78, 5) is 26.7. The molecule has 62 heavy (non-hydrogen) atoms. The second kappa shape index (κ2) is 17.6. The zero-order valence-corrected chi connectivity index (χ0v) is 37.6. The van der Waals surface area contributed by atoms with E-state index in [0.717, 1.165) is 86.1 Å². The Morgan fingerprint density at radius 3 is 2.40 bits per heavy atom. The number of sulfonamides is 1. The van der Waals surface area contributed by atoms with Crippen LogP contribution >= 0.6 is 23.2 Å². The molecule has 15 heteroatoms. The Kier molecular flexibility index (Phi) is 12.5. The molecule has 0 unspecified atom stereocenters. The van der Waals surface area contributed by atoms with E-state index in [1.807, 2.05) is 24.3 Å². The van der Waals surface area contributed by atoms with E-state index in [0.29, 0.717) is 12.3 Å². The fourth-order valence-electron chi connectivity index (χ4n) is 8.67. The van der Waals surface area contributed by atoms with Crippen molar-refractivity contribution in [3.63, 3.8) is 0 Å². The number of carbonyl (C=O) groups is 1. The van der Waals surface area contributed by atoms with E-state index in [9.17, 15) is 18.3 Å². The number of nitrogens with zero attached hydrogens (tertiary/aromatic N) is 4. The van der Waals surface area contributed by atoms with E-state index in [1.54, 1.807) is 37.4 Å². The molecule has 3 heterocycles. The van der Waals surface area contributed by atoms with Crippen LogP contribution in [0.4, 0.5) is 10.1 Å². The summed E-state index contributed by atoms with van der Waals surface area (Å²) in [5.41, 5.74) is 4.35. The number of allylic oxidation sites excluding steroid dienone is 1. The second-order valence-corrected chi connectivity index (χ2v) is 20.6. The lowest BCUT2D eigenvalue weighted by molar-refractivity contribution is -0.0483. The SMILES string of the molecule is CC1(C)CCC(CN2CCN(c3ccc(C(=O)NS(=O)(=O)c4cnc(OCC5(F)CCC(C)(O)CC5)c(Cl)c4)c(Oc4cccc5c4C=NC5)c3)CC2)=C(c2ccc(Cl)cc2)C1. The van der Waals surface area contributed by atoms with Crippen molar-refractivity contribution < 1.29 is 32.2 Å². The maximum absolute atomic E-state index is 15.4. The van der Waals surface area contributed by atoms with Gasteiger partial charge in [-0.05, 0) is 110 Å². The average Bonchev–Trinajstić information content (AvgIpc) is 3.73. The van der Waals surface area contributed by atoms with Gasteiger partial charge in [0, 0.05) is 61.3 Å². The van der Waals surface area contributed by atoms with Crippen molar-refractivity contribution in [3.8, 4) is 17.4 Å². The molecule has 4 aromatic rings. The maximum atomic E-state index is 15.4. The van der Waals surface area contributed by atoms with Gasteiger partial charge in [0.15, 0.2) is 0 Å². The molecule has 0 bridgehead atoms. The molecular weight excluding hydrogens is 853 g/mol. The fraction of sp³-hybridized carbons (Fsp3) is 0.426. The van der Waals surface area contributed by atoms with Crippen LogP contribution in [0.2, 0.25) is 10.0 Å². The van der Waals surface area contributed by atoms with Crippen LogP contribution < -0.4 is 19.1 Å². The Balaban J connectivity index is 0.981. The summed E-state index contributed by atoms with van der Waals surface area (Å²) in [7, 11) is -4.49. The number of aliphatic imine (C=N–C) groups is 1. The van der Waals surface area contributed by atoms with Crippen LogP contribution in [0.25, 0.3) is 5.57 Å². The minimum Gasteiger partial charge on any atom is -0.473 e. The summed E-state index contributed by atoms with van der Waals surface area (Å²) in [5, 5.41) is 10.8. The molecule has 1 amide bonds. The molecular formula is C47H52Cl2FN5O6S. The minimum absolute atomic E-state index is 0.00380. The Morgan fingerprint density at radius 2 is 1.68 bits per heavy atom. The highest BCUT2D eigenvalue weighted by molar-refractivity contribution is 7.90. The summed E-state index contributed by atoms with van der Waals surface area (Å²) in [5.74, 6) is -0.390. The number of halogens is 3. The molecule has 0 spiro atoms. The molecule has 11 nitrogen and oxygen atoms in total.